The summed E-state index contributed by atoms with van der Waals surface area (Å²) in [4.78, 5) is 18.8. The smallest absolute Gasteiger partial charge is 0.252 e. The van der Waals surface area contributed by atoms with Gasteiger partial charge in [-0.05, 0) is 67.7 Å². The molecule has 0 aliphatic carbocycles. The quantitative estimate of drug-likeness (QED) is 0.855. The highest BCUT2D eigenvalue weighted by Gasteiger charge is 2.20. The van der Waals surface area contributed by atoms with Crippen molar-refractivity contribution >= 4 is 29.1 Å². The molecule has 0 atom stereocenters. The van der Waals surface area contributed by atoms with Crippen LogP contribution in [0.5, 0.6) is 0 Å². The molecule has 132 valence electrons. The van der Waals surface area contributed by atoms with E-state index in [-0.39, 0.29) is 5.91 Å². The van der Waals surface area contributed by atoms with Gasteiger partial charge in [0.25, 0.3) is 5.91 Å². The highest BCUT2D eigenvalue weighted by atomic mass is 35.5. The summed E-state index contributed by atoms with van der Waals surface area (Å²) >= 11 is 12.0. The van der Waals surface area contributed by atoms with Gasteiger partial charge in [-0.25, -0.2) is 0 Å². The van der Waals surface area contributed by atoms with Gasteiger partial charge in [0.1, 0.15) is 0 Å². The van der Waals surface area contributed by atoms with Crippen LogP contribution in [0.2, 0.25) is 10.0 Å². The average Bonchev–Trinajstić information content (AvgIpc) is 2.62. The van der Waals surface area contributed by atoms with Crippen molar-refractivity contribution < 1.29 is 4.79 Å². The molecule has 25 heavy (non-hydrogen) atoms. The van der Waals surface area contributed by atoms with E-state index in [0.29, 0.717) is 28.1 Å². The molecule has 1 aromatic carbocycles. The van der Waals surface area contributed by atoms with Crippen LogP contribution in [0, 0.1) is 5.92 Å². The Hall–Kier alpha value is -1.62. The molecule has 0 spiro atoms. The lowest BCUT2D eigenvalue weighted by molar-refractivity contribution is 0.0935. The van der Waals surface area contributed by atoms with Crippen LogP contribution in [0.15, 0.2) is 42.7 Å². The van der Waals surface area contributed by atoms with Crippen LogP contribution >= 0.6 is 23.2 Å². The third-order valence-electron chi connectivity index (χ3n) is 4.59. The van der Waals surface area contributed by atoms with Crippen molar-refractivity contribution in [2.75, 3.05) is 19.6 Å². The zero-order valence-corrected chi connectivity index (χ0v) is 15.4. The maximum absolute atomic E-state index is 12.3. The first-order valence-electron chi connectivity index (χ1n) is 8.46. The fourth-order valence-corrected chi connectivity index (χ4v) is 3.60. The molecule has 2 aromatic rings. The predicted octanol–water partition coefficient (Wildman–Crippen LogP) is 4.03. The van der Waals surface area contributed by atoms with Crippen molar-refractivity contribution in [3.05, 3.63) is 63.9 Å². The summed E-state index contributed by atoms with van der Waals surface area (Å²) in [6.07, 6.45) is 5.83. The van der Waals surface area contributed by atoms with Gasteiger partial charge in [0.05, 0.1) is 10.6 Å². The van der Waals surface area contributed by atoms with E-state index in [4.69, 9.17) is 23.2 Å². The molecular weight excluding hydrogens is 357 g/mol. The SMILES string of the molecule is O=C(NCC1CCN(Cc2ccncc2)CC1)c1ccc(Cl)cc1Cl. The highest BCUT2D eigenvalue weighted by Crippen LogP contribution is 2.22. The van der Waals surface area contributed by atoms with Gasteiger partial charge >= 0.3 is 0 Å². The molecule has 2 heterocycles. The number of aromatic nitrogens is 1. The number of nitrogens with one attached hydrogen (secondary N) is 1. The third kappa shape index (κ3) is 5.18. The van der Waals surface area contributed by atoms with Crippen molar-refractivity contribution in [2.24, 2.45) is 5.92 Å². The van der Waals surface area contributed by atoms with E-state index in [2.05, 4.69) is 27.3 Å². The number of halogens is 2. The molecule has 1 saturated heterocycles. The van der Waals surface area contributed by atoms with E-state index >= 15 is 0 Å². The third-order valence-corrected chi connectivity index (χ3v) is 5.14. The van der Waals surface area contributed by atoms with Gasteiger partial charge in [-0.3, -0.25) is 14.7 Å². The molecule has 1 N–H and O–H groups in total. The summed E-state index contributed by atoms with van der Waals surface area (Å²) < 4.78 is 0. The number of carbonyl (C=O) groups is 1. The maximum Gasteiger partial charge on any atom is 0.252 e. The molecule has 0 saturated carbocycles. The summed E-state index contributed by atoms with van der Waals surface area (Å²) in [7, 11) is 0. The van der Waals surface area contributed by atoms with Crippen LogP contribution in [-0.2, 0) is 6.54 Å². The fourth-order valence-electron chi connectivity index (χ4n) is 3.10. The van der Waals surface area contributed by atoms with Crippen LogP contribution in [0.3, 0.4) is 0 Å². The molecular formula is C19H21Cl2N3O. The summed E-state index contributed by atoms with van der Waals surface area (Å²) in [5, 5.41) is 3.92. The molecule has 0 unspecified atom stereocenters. The Bertz CT molecular complexity index is 716. The molecule has 1 aliphatic heterocycles. The first-order valence-corrected chi connectivity index (χ1v) is 9.22. The Morgan fingerprint density at radius 1 is 1.16 bits per heavy atom. The second-order valence-corrected chi connectivity index (χ2v) is 7.25. The van der Waals surface area contributed by atoms with E-state index in [9.17, 15) is 4.79 Å². The number of hydrogen-bond acceptors (Lipinski definition) is 3. The van der Waals surface area contributed by atoms with E-state index in [1.54, 1.807) is 18.2 Å². The van der Waals surface area contributed by atoms with Gasteiger partial charge in [0.2, 0.25) is 0 Å². The van der Waals surface area contributed by atoms with Gasteiger partial charge in [-0.15, -0.1) is 0 Å². The fraction of sp³-hybridized carbons (Fsp3) is 0.368. The molecule has 1 amide bonds. The van der Waals surface area contributed by atoms with Gasteiger partial charge in [0, 0.05) is 30.5 Å². The van der Waals surface area contributed by atoms with Crippen LogP contribution in [0.1, 0.15) is 28.8 Å². The second-order valence-electron chi connectivity index (χ2n) is 6.41. The normalized spacial score (nSPS) is 15.9. The lowest BCUT2D eigenvalue weighted by Crippen LogP contribution is -2.38. The number of carbonyl (C=O) groups excluding carboxylic acids is 1. The summed E-state index contributed by atoms with van der Waals surface area (Å²) in [6, 6.07) is 9.05. The Morgan fingerprint density at radius 2 is 1.88 bits per heavy atom. The number of rotatable bonds is 5. The van der Waals surface area contributed by atoms with Crippen molar-refractivity contribution in [3.8, 4) is 0 Å². The standard InChI is InChI=1S/C19H21Cl2N3O/c20-16-1-2-17(18(21)11-16)19(25)23-12-14-5-9-24(10-6-14)13-15-3-7-22-8-4-15/h1-4,7-8,11,14H,5-6,9-10,12-13H2,(H,23,25). The predicted molar refractivity (Wildman–Crippen MR) is 101 cm³/mol. The van der Waals surface area contributed by atoms with Crippen LogP contribution in [-0.4, -0.2) is 35.4 Å². The Morgan fingerprint density at radius 3 is 2.56 bits per heavy atom. The van der Waals surface area contributed by atoms with Gasteiger partial charge in [-0.1, -0.05) is 23.2 Å². The minimum Gasteiger partial charge on any atom is -0.352 e. The van der Waals surface area contributed by atoms with E-state index in [0.717, 1.165) is 32.5 Å². The van der Waals surface area contributed by atoms with E-state index < -0.39 is 0 Å². The largest absolute Gasteiger partial charge is 0.352 e. The van der Waals surface area contributed by atoms with Gasteiger partial charge in [-0.2, -0.15) is 0 Å². The first-order chi connectivity index (χ1) is 12.1. The highest BCUT2D eigenvalue weighted by molar-refractivity contribution is 6.36. The molecule has 1 aromatic heterocycles. The average molecular weight is 378 g/mol. The minimum absolute atomic E-state index is 0.138. The number of amides is 1. The second kappa shape index (κ2) is 8.65. The number of nitrogens with zero attached hydrogens (tertiary/aromatic N) is 2. The topological polar surface area (TPSA) is 45.2 Å². The molecule has 4 nitrogen and oxygen atoms in total. The molecule has 1 fully saturated rings. The van der Waals surface area contributed by atoms with Crippen molar-refractivity contribution in [1.82, 2.24) is 15.2 Å². The van der Waals surface area contributed by atoms with Crippen LogP contribution in [0.25, 0.3) is 0 Å². The monoisotopic (exact) mass is 377 g/mol. The molecule has 6 heteroatoms. The summed E-state index contributed by atoms with van der Waals surface area (Å²) in [5.41, 5.74) is 1.76. The van der Waals surface area contributed by atoms with Crippen molar-refractivity contribution in [3.63, 3.8) is 0 Å². The Labute approximate surface area is 158 Å². The van der Waals surface area contributed by atoms with E-state index in [1.807, 2.05) is 12.4 Å². The first kappa shape index (κ1) is 18.2. The molecule has 3 rings (SSSR count). The minimum atomic E-state index is -0.138. The zero-order chi connectivity index (χ0) is 17.6. The molecule has 1 aliphatic rings. The van der Waals surface area contributed by atoms with Crippen molar-refractivity contribution in [1.29, 1.82) is 0 Å². The number of pyridine rings is 1. The summed E-state index contributed by atoms with van der Waals surface area (Å²) in [5.74, 6) is 0.365. The number of hydrogen-bond donors (Lipinski definition) is 1. The lowest BCUT2D eigenvalue weighted by Gasteiger charge is -2.32. The number of likely N-dealkylation sites (tertiary alicyclic amines) is 1. The van der Waals surface area contributed by atoms with Crippen molar-refractivity contribution in [2.45, 2.75) is 19.4 Å². The zero-order valence-electron chi connectivity index (χ0n) is 13.9. The van der Waals surface area contributed by atoms with Crippen LogP contribution < -0.4 is 5.32 Å². The van der Waals surface area contributed by atoms with Crippen LogP contribution in [0.4, 0.5) is 0 Å². The Balaban J connectivity index is 1.44. The summed E-state index contributed by atoms with van der Waals surface area (Å²) in [6.45, 7) is 3.73. The molecule has 0 radical (unpaired) electrons. The maximum atomic E-state index is 12.3. The number of benzene rings is 1. The lowest BCUT2D eigenvalue weighted by atomic mass is 9.96. The van der Waals surface area contributed by atoms with E-state index in [1.165, 1.54) is 5.56 Å². The number of piperidine rings is 1. The molecule has 0 bridgehead atoms. The van der Waals surface area contributed by atoms with Gasteiger partial charge < -0.3 is 5.32 Å². The van der Waals surface area contributed by atoms with Gasteiger partial charge in [0.15, 0.2) is 0 Å². The Kier molecular flexibility index (Phi) is 6.29.